The maximum Gasteiger partial charge on any atom is 0.294 e. The maximum absolute atomic E-state index is 13.1. The van der Waals surface area contributed by atoms with Crippen LogP contribution in [0.15, 0.2) is 65.6 Å². The molecule has 4 rings (SSSR count). The van der Waals surface area contributed by atoms with Gasteiger partial charge in [0.05, 0.1) is 12.0 Å². The van der Waals surface area contributed by atoms with Gasteiger partial charge in [-0.3, -0.25) is 19.3 Å². The highest BCUT2D eigenvalue weighted by molar-refractivity contribution is 8.18. The molecular weight excluding hydrogens is 512 g/mol. The molecule has 0 aromatic heterocycles. The normalized spacial score (nSPS) is 14.3. The number of rotatable bonds is 8. The number of ether oxygens (including phenoxy) is 2. The van der Waals surface area contributed by atoms with Crippen molar-refractivity contribution >= 4 is 52.2 Å². The second-order valence-electron chi connectivity index (χ2n) is 8.38. The number of halogens is 1. The van der Waals surface area contributed by atoms with Crippen molar-refractivity contribution in [2.24, 2.45) is 0 Å². The van der Waals surface area contributed by atoms with Gasteiger partial charge < -0.3 is 14.8 Å². The van der Waals surface area contributed by atoms with Crippen molar-refractivity contribution in [3.8, 4) is 11.5 Å². The summed E-state index contributed by atoms with van der Waals surface area (Å²) in [6.07, 6.45) is 1.58. The number of anilines is 1. The van der Waals surface area contributed by atoms with Crippen molar-refractivity contribution in [1.29, 1.82) is 0 Å². The van der Waals surface area contributed by atoms with E-state index in [1.54, 1.807) is 36.4 Å². The number of nitrogens with one attached hydrogen (secondary N) is 1. The van der Waals surface area contributed by atoms with Crippen LogP contribution in [0, 0.1) is 13.8 Å². The summed E-state index contributed by atoms with van der Waals surface area (Å²) < 4.78 is 11.5. The summed E-state index contributed by atoms with van der Waals surface area (Å²) in [6, 6.07) is 18.2. The molecule has 0 bridgehead atoms. The molecule has 3 aromatic rings. The van der Waals surface area contributed by atoms with E-state index < -0.39 is 17.1 Å². The highest BCUT2D eigenvalue weighted by Gasteiger charge is 2.36. The van der Waals surface area contributed by atoms with Crippen molar-refractivity contribution in [1.82, 2.24) is 4.90 Å². The molecular formula is C28H25ClN2O5S. The van der Waals surface area contributed by atoms with Crippen LogP contribution in [-0.2, 0) is 16.2 Å². The van der Waals surface area contributed by atoms with Gasteiger partial charge in [0.2, 0.25) is 5.91 Å². The monoisotopic (exact) mass is 536 g/mol. The van der Waals surface area contributed by atoms with E-state index in [0.717, 1.165) is 33.4 Å². The van der Waals surface area contributed by atoms with Gasteiger partial charge in [-0.2, -0.15) is 0 Å². The van der Waals surface area contributed by atoms with E-state index in [9.17, 15) is 14.4 Å². The number of imide groups is 1. The van der Waals surface area contributed by atoms with Gasteiger partial charge in [0.25, 0.3) is 11.1 Å². The Bertz CT molecular complexity index is 1370. The Kier molecular flexibility index (Phi) is 8.21. The van der Waals surface area contributed by atoms with Gasteiger partial charge in [0.1, 0.15) is 13.2 Å². The molecule has 1 heterocycles. The van der Waals surface area contributed by atoms with Gasteiger partial charge >= 0.3 is 0 Å². The summed E-state index contributed by atoms with van der Waals surface area (Å²) in [4.78, 5) is 39.5. The van der Waals surface area contributed by atoms with Crippen molar-refractivity contribution in [2.75, 3.05) is 19.0 Å². The van der Waals surface area contributed by atoms with Gasteiger partial charge in [-0.05, 0) is 66.6 Å². The van der Waals surface area contributed by atoms with E-state index >= 15 is 0 Å². The number of carbonyl (C=O) groups excluding carboxylic acids is 3. The molecule has 1 fully saturated rings. The molecule has 1 aliphatic rings. The third kappa shape index (κ3) is 6.15. The molecule has 37 heavy (non-hydrogen) atoms. The molecule has 3 amide bonds. The number of methoxy groups -OCH3 is 1. The summed E-state index contributed by atoms with van der Waals surface area (Å²) in [5.74, 6) is -0.0816. The van der Waals surface area contributed by atoms with Gasteiger partial charge in [0.15, 0.2) is 11.5 Å². The second-order valence-corrected chi connectivity index (χ2v) is 9.81. The van der Waals surface area contributed by atoms with E-state index in [1.165, 1.54) is 7.11 Å². The minimum absolute atomic E-state index is 0.189. The van der Waals surface area contributed by atoms with Gasteiger partial charge in [-0.15, -0.1) is 0 Å². The zero-order valence-corrected chi connectivity index (χ0v) is 22.1. The fourth-order valence-corrected chi connectivity index (χ4v) is 4.76. The third-order valence-electron chi connectivity index (χ3n) is 5.73. The standard InChI is InChI=1S/C28H25ClN2O5S/c1-17-6-4-7-18(2)25(17)30-24(32)15-31-27(33)23(37-28(31)34)14-20-8-5-9-22(35-3)26(20)36-16-19-10-12-21(29)13-11-19/h4-14H,15-16H2,1-3H3,(H,30,32)/b23-14+. The molecule has 1 saturated heterocycles. The molecule has 0 saturated carbocycles. The lowest BCUT2D eigenvalue weighted by Crippen LogP contribution is -2.36. The van der Waals surface area contributed by atoms with Gasteiger partial charge in [0, 0.05) is 16.3 Å². The fourth-order valence-electron chi connectivity index (χ4n) is 3.81. The second kappa shape index (κ2) is 11.5. The Morgan fingerprint density at radius 3 is 2.38 bits per heavy atom. The highest BCUT2D eigenvalue weighted by atomic mass is 35.5. The fraction of sp³-hybridized carbons (Fsp3) is 0.179. The Balaban J connectivity index is 1.52. The van der Waals surface area contributed by atoms with Crippen LogP contribution in [0.4, 0.5) is 10.5 Å². The lowest BCUT2D eigenvalue weighted by molar-refractivity contribution is -0.127. The summed E-state index contributed by atoms with van der Waals surface area (Å²) >= 11 is 6.74. The quantitative estimate of drug-likeness (QED) is 0.344. The number of hydrogen-bond donors (Lipinski definition) is 1. The summed E-state index contributed by atoms with van der Waals surface area (Å²) in [7, 11) is 1.52. The van der Waals surface area contributed by atoms with E-state index in [2.05, 4.69) is 5.32 Å². The lowest BCUT2D eigenvalue weighted by atomic mass is 10.1. The van der Waals surface area contributed by atoms with Crippen molar-refractivity contribution in [3.05, 3.63) is 92.8 Å². The molecule has 0 unspecified atom stereocenters. The number of benzene rings is 3. The van der Waals surface area contributed by atoms with Crippen LogP contribution in [0.5, 0.6) is 11.5 Å². The topological polar surface area (TPSA) is 84.9 Å². The molecule has 7 nitrogen and oxygen atoms in total. The molecule has 0 spiro atoms. The number of aryl methyl sites for hydroxylation is 2. The molecule has 9 heteroatoms. The Hall–Kier alpha value is -3.75. The first-order valence-electron chi connectivity index (χ1n) is 11.4. The molecule has 1 N–H and O–H groups in total. The highest BCUT2D eigenvalue weighted by Crippen LogP contribution is 2.38. The van der Waals surface area contributed by atoms with Crippen LogP contribution in [0.25, 0.3) is 6.08 Å². The van der Waals surface area contributed by atoms with Crippen molar-refractivity contribution in [3.63, 3.8) is 0 Å². The predicted molar refractivity (Wildman–Crippen MR) is 146 cm³/mol. The summed E-state index contributed by atoms with van der Waals surface area (Å²) in [6.45, 7) is 3.63. The number of hydrogen-bond acceptors (Lipinski definition) is 6. The Labute approximate surface area is 224 Å². The minimum atomic E-state index is -0.543. The van der Waals surface area contributed by atoms with Crippen molar-refractivity contribution in [2.45, 2.75) is 20.5 Å². The van der Waals surface area contributed by atoms with E-state index in [-0.39, 0.29) is 18.1 Å². The van der Waals surface area contributed by atoms with Gasteiger partial charge in [-0.1, -0.05) is 54.1 Å². The first-order valence-corrected chi connectivity index (χ1v) is 12.6. The largest absolute Gasteiger partial charge is 0.493 e. The molecule has 0 aliphatic carbocycles. The average molecular weight is 537 g/mol. The number of carbonyl (C=O) groups is 3. The number of nitrogens with zero attached hydrogens (tertiary/aromatic N) is 1. The van der Waals surface area contributed by atoms with E-state index in [4.69, 9.17) is 21.1 Å². The number of amides is 3. The van der Waals surface area contributed by atoms with Crippen LogP contribution in [0.1, 0.15) is 22.3 Å². The van der Waals surface area contributed by atoms with Crippen molar-refractivity contribution < 1.29 is 23.9 Å². The third-order valence-corrected chi connectivity index (χ3v) is 6.89. The molecule has 1 aliphatic heterocycles. The zero-order valence-electron chi connectivity index (χ0n) is 20.5. The van der Waals surface area contributed by atoms with Crippen LogP contribution in [-0.4, -0.2) is 35.6 Å². The van der Waals surface area contributed by atoms with E-state index in [0.29, 0.717) is 27.8 Å². The van der Waals surface area contributed by atoms with Crippen LogP contribution in [0.3, 0.4) is 0 Å². The molecule has 190 valence electrons. The summed E-state index contributed by atoms with van der Waals surface area (Å²) in [5.41, 5.74) is 3.93. The van der Waals surface area contributed by atoms with Gasteiger partial charge in [-0.25, -0.2) is 0 Å². The average Bonchev–Trinajstić information content (AvgIpc) is 3.13. The van der Waals surface area contributed by atoms with E-state index in [1.807, 2.05) is 44.2 Å². The van der Waals surface area contributed by atoms with Crippen LogP contribution < -0.4 is 14.8 Å². The maximum atomic E-state index is 13.1. The molecule has 0 radical (unpaired) electrons. The predicted octanol–water partition coefficient (Wildman–Crippen LogP) is 6.22. The van der Waals surface area contributed by atoms with Crippen LogP contribution >= 0.6 is 23.4 Å². The SMILES string of the molecule is COc1cccc(/C=C2/SC(=O)N(CC(=O)Nc3c(C)cccc3C)C2=O)c1OCc1ccc(Cl)cc1. The zero-order chi connectivity index (χ0) is 26.5. The Morgan fingerprint density at radius 2 is 1.70 bits per heavy atom. The number of thioether (sulfide) groups is 1. The molecule has 0 atom stereocenters. The smallest absolute Gasteiger partial charge is 0.294 e. The first kappa shape index (κ1) is 26.3. The molecule has 3 aromatic carbocycles. The minimum Gasteiger partial charge on any atom is -0.493 e. The Morgan fingerprint density at radius 1 is 1.03 bits per heavy atom. The summed E-state index contributed by atoms with van der Waals surface area (Å²) in [5, 5.41) is 2.92. The lowest BCUT2D eigenvalue weighted by Gasteiger charge is -2.15. The van der Waals surface area contributed by atoms with Crippen LogP contribution in [0.2, 0.25) is 5.02 Å². The first-order chi connectivity index (χ1) is 17.8. The number of para-hydroxylation sites is 2.